The zero-order valence-corrected chi connectivity index (χ0v) is 9.03. The maximum atomic E-state index is 5.51. The summed E-state index contributed by atoms with van der Waals surface area (Å²) < 4.78 is 5.51. The molecule has 1 N–H and O–H groups in total. The second-order valence-corrected chi connectivity index (χ2v) is 3.60. The van der Waals surface area contributed by atoms with Gasteiger partial charge in [0.1, 0.15) is 5.76 Å². The first-order valence-electron chi connectivity index (χ1n) is 5.09. The molecule has 1 heterocycles. The van der Waals surface area contributed by atoms with E-state index >= 15 is 0 Å². The molecule has 0 aliphatic heterocycles. The van der Waals surface area contributed by atoms with Crippen LogP contribution in [0.5, 0.6) is 0 Å². The predicted octanol–water partition coefficient (Wildman–Crippen LogP) is 2.90. The number of rotatable bonds is 3. The second kappa shape index (κ2) is 4.32. The monoisotopic (exact) mass is 201 g/mol. The van der Waals surface area contributed by atoms with Crippen LogP contribution in [-0.2, 0) is 0 Å². The van der Waals surface area contributed by atoms with Crippen LogP contribution in [0, 0.1) is 6.92 Å². The lowest BCUT2D eigenvalue weighted by molar-refractivity contribution is 0.460. The molecule has 2 heteroatoms. The van der Waals surface area contributed by atoms with E-state index in [1.54, 1.807) is 6.26 Å². The van der Waals surface area contributed by atoms with Gasteiger partial charge in [-0.1, -0.05) is 30.3 Å². The van der Waals surface area contributed by atoms with Gasteiger partial charge in [0.2, 0.25) is 0 Å². The minimum Gasteiger partial charge on any atom is -0.467 e. The average molecular weight is 201 g/mol. The lowest BCUT2D eigenvalue weighted by atomic mass is 10.0. The van der Waals surface area contributed by atoms with Crippen LogP contribution in [0.1, 0.15) is 22.9 Å². The van der Waals surface area contributed by atoms with E-state index in [2.05, 4.69) is 24.4 Å². The number of nitrogens with one attached hydrogen (secondary N) is 1. The first kappa shape index (κ1) is 9.99. The van der Waals surface area contributed by atoms with Crippen molar-refractivity contribution in [2.75, 3.05) is 7.05 Å². The van der Waals surface area contributed by atoms with Gasteiger partial charge >= 0.3 is 0 Å². The number of hydrogen-bond donors (Lipinski definition) is 1. The van der Waals surface area contributed by atoms with E-state index in [4.69, 9.17) is 4.42 Å². The maximum Gasteiger partial charge on any atom is 0.128 e. The largest absolute Gasteiger partial charge is 0.467 e. The van der Waals surface area contributed by atoms with Crippen LogP contribution in [0.15, 0.2) is 47.1 Å². The van der Waals surface area contributed by atoms with E-state index in [9.17, 15) is 0 Å². The Labute approximate surface area is 89.9 Å². The summed E-state index contributed by atoms with van der Waals surface area (Å²) in [4.78, 5) is 0. The number of furan rings is 1. The van der Waals surface area contributed by atoms with Crippen molar-refractivity contribution in [3.05, 3.63) is 59.5 Å². The summed E-state index contributed by atoms with van der Waals surface area (Å²) >= 11 is 0. The van der Waals surface area contributed by atoms with E-state index < -0.39 is 0 Å². The van der Waals surface area contributed by atoms with Gasteiger partial charge in [-0.05, 0) is 31.2 Å². The van der Waals surface area contributed by atoms with Crippen molar-refractivity contribution in [2.24, 2.45) is 0 Å². The Hall–Kier alpha value is -1.54. The molecular weight excluding hydrogens is 186 g/mol. The quantitative estimate of drug-likeness (QED) is 0.826. The normalized spacial score (nSPS) is 12.7. The van der Waals surface area contributed by atoms with Gasteiger partial charge in [-0.25, -0.2) is 0 Å². The van der Waals surface area contributed by atoms with Crippen LogP contribution < -0.4 is 5.32 Å². The molecule has 0 spiro atoms. The zero-order valence-electron chi connectivity index (χ0n) is 9.03. The number of aryl methyl sites for hydroxylation is 1. The van der Waals surface area contributed by atoms with Crippen molar-refractivity contribution in [2.45, 2.75) is 13.0 Å². The lowest BCUT2D eigenvalue weighted by Crippen LogP contribution is -2.17. The Morgan fingerprint density at radius 2 is 1.87 bits per heavy atom. The van der Waals surface area contributed by atoms with Gasteiger partial charge < -0.3 is 9.73 Å². The molecule has 15 heavy (non-hydrogen) atoms. The molecule has 0 saturated heterocycles. The van der Waals surface area contributed by atoms with E-state index in [0.717, 1.165) is 5.76 Å². The van der Waals surface area contributed by atoms with E-state index in [1.807, 2.05) is 31.3 Å². The fraction of sp³-hybridized carbons (Fsp3) is 0.231. The van der Waals surface area contributed by atoms with Crippen LogP contribution in [-0.4, -0.2) is 7.05 Å². The van der Waals surface area contributed by atoms with Crippen LogP contribution in [0.4, 0.5) is 0 Å². The standard InChI is InChI=1S/C13H15NO/c1-10-8-9-15-13(10)12(14-2)11-6-4-3-5-7-11/h3-9,12,14H,1-2H3. The molecular formula is C13H15NO. The molecule has 0 fully saturated rings. The Bertz CT molecular complexity index is 419. The highest BCUT2D eigenvalue weighted by Crippen LogP contribution is 2.24. The summed E-state index contributed by atoms with van der Waals surface area (Å²) in [6, 6.07) is 12.4. The lowest BCUT2D eigenvalue weighted by Gasteiger charge is -2.14. The number of hydrogen-bond acceptors (Lipinski definition) is 2. The first-order chi connectivity index (χ1) is 7.33. The Balaban J connectivity index is 2.37. The van der Waals surface area contributed by atoms with Crippen molar-refractivity contribution in [3.8, 4) is 0 Å². The summed E-state index contributed by atoms with van der Waals surface area (Å²) in [6.45, 7) is 2.06. The van der Waals surface area contributed by atoms with Crippen molar-refractivity contribution in [1.82, 2.24) is 5.32 Å². The fourth-order valence-corrected chi connectivity index (χ4v) is 1.77. The number of benzene rings is 1. The van der Waals surface area contributed by atoms with Gasteiger partial charge in [-0.15, -0.1) is 0 Å². The second-order valence-electron chi connectivity index (χ2n) is 3.60. The summed E-state index contributed by atoms with van der Waals surface area (Å²) in [5, 5.41) is 3.27. The average Bonchev–Trinajstić information content (AvgIpc) is 2.68. The van der Waals surface area contributed by atoms with Crippen molar-refractivity contribution in [3.63, 3.8) is 0 Å². The third-order valence-corrected chi connectivity index (χ3v) is 2.59. The molecule has 1 atom stereocenters. The zero-order chi connectivity index (χ0) is 10.7. The molecule has 0 radical (unpaired) electrons. The maximum absolute atomic E-state index is 5.51. The summed E-state index contributed by atoms with van der Waals surface area (Å²) in [5.41, 5.74) is 2.40. The highest BCUT2D eigenvalue weighted by Gasteiger charge is 2.16. The Kier molecular flexibility index (Phi) is 2.88. The molecule has 78 valence electrons. The van der Waals surface area contributed by atoms with Gasteiger partial charge in [0.25, 0.3) is 0 Å². The highest BCUT2D eigenvalue weighted by molar-refractivity contribution is 5.30. The summed E-state index contributed by atoms with van der Waals surface area (Å²) in [7, 11) is 1.94. The smallest absolute Gasteiger partial charge is 0.128 e. The van der Waals surface area contributed by atoms with Crippen molar-refractivity contribution < 1.29 is 4.42 Å². The van der Waals surface area contributed by atoms with E-state index in [-0.39, 0.29) is 6.04 Å². The molecule has 2 nitrogen and oxygen atoms in total. The van der Waals surface area contributed by atoms with Gasteiger partial charge in [0, 0.05) is 0 Å². The topological polar surface area (TPSA) is 25.2 Å². The highest BCUT2D eigenvalue weighted by atomic mass is 16.3. The minimum atomic E-state index is 0.140. The molecule has 0 aliphatic carbocycles. The van der Waals surface area contributed by atoms with Gasteiger partial charge in [0.05, 0.1) is 12.3 Å². The molecule has 0 aliphatic rings. The van der Waals surface area contributed by atoms with Crippen molar-refractivity contribution in [1.29, 1.82) is 0 Å². The molecule has 2 rings (SSSR count). The predicted molar refractivity (Wildman–Crippen MR) is 60.8 cm³/mol. The Morgan fingerprint density at radius 1 is 1.13 bits per heavy atom. The first-order valence-corrected chi connectivity index (χ1v) is 5.09. The molecule has 1 aromatic carbocycles. The molecule has 0 amide bonds. The molecule has 0 saturated carbocycles. The fourth-order valence-electron chi connectivity index (χ4n) is 1.77. The van der Waals surface area contributed by atoms with Crippen LogP contribution in [0.3, 0.4) is 0 Å². The van der Waals surface area contributed by atoms with Gasteiger partial charge in [-0.2, -0.15) is 0 Å². The molecule has 0 bridgehead atoms. The van der Waals surface area contributed by atoms with Crippen molar-refractivity contribution >= 4 is 0 Å². The summed E-state index contributed by atoms with van der Waals surface area (Å²) in [6.07, 6.45) is 1.73. The van der Waals surface area contributed by atoms with E-state index in [1.165, 1.54) is 11.1 Å². The Morgan fingerprint density at radius 3 is 2.40 bits per heavy atom. The molecule has 2 aromatic rings. The third-order valence-electron chi connectivity index (χ3n) is 2.59. The minimum absolute atomic E-state index is 0.140. The van der Waals surface area contributed by atoms with Gasteiger partial charge in [0.15, 0.2) is 0 Å². The van der Waals surface area contributed by atoms with Crippen LogP contribution in [0.2, 0.25) is 0 Å². The van der Waals surface area contributed by atoms with Gasteiger partial charge in [-0.3, -0.25) is 0 Å². The van der Waals surface area contributed by atoms with Crippen LogP contribution >= 0.6 is 0 Å². The van der Waals surface area contributed by atoms with Crippen LogP contribution in [0.25, 0.3) is 0 Å². The SMILES string of the molecule is CNC(c1ccccc1)c1occc1C. The summed E-state index contributed by atoms with van der Waals surface area (Å²) in [5.74, 6) is 0.990. The molecule has 1 unspecified atom stereocenters. The molecule has 1 aromatic heterocycles. The third kappa shape index (κ3) is 1.95. The van der Waals surface area contributed by atoms with E-state index in [0.29, 0.717) is 0 Å².